The molecule has 0 amide bonds. The summed E-state index contributed by atoms with van der Waals surface area (Å²) in [4.78, 5) is 16.9. The van der Waals surface area contributed by atoms with Crippen molar-refractivity contribution in [3.8, 4) is 0 Å². The van der Waals surface area contributed by atoms with Crippen LogP contribution < -0.4 is 0 Å². The van der Waals surface area contributed by atoms with Crippen LogP contribution in [0.4, 0.5) is 0 Å². The smallest absolute Gasteiger partial charge is 0.168 e. The lowest BCUT2D eigenvalue weighted by Gasteiger charge is -2.21. The van der Waals surface area contributed by atoms with Gasteiger partial charge in [0.2, 0.25) is 0 Å². The minimum atomic E-state index is -0.150. The average molecular weight is 239 g/mol. The molecule has 1 saturated carbocycles. The Morgan fingerprint density at radius 3 is 2.78 bits per heavy atom. The lowest BCUT2D eigenvalue weighted by atomic mass is 9.80. The molecule has 1 fully saturated rings. The Bertz CT molecular complexity index is 597. The van der Waals surface area contributed by atoms with E-state index < -0.39 is 0 Å². The van der Waals surface area contributed by atoms with Gasteiger partial charge in [0.15, 0.2) is 5.78 Å². The maximum absolute atomic E-state index is 12.6. The van der Waals surface area contributed by atoms with E-state index in [1.165, 1.54) is 12.8 Å². The molecule has 0 spiro atoms. The van der Waals surface area contributed by atoms with Gasteiger partial charge in [-0.1, -0.05) is 38.0 Å². The number of benzene rings is 1. The SMILES string of the molecule is CC1(C(=O)c2ccc3cccnc3c2)CCCC1. The van der Waals surface area contributed by atoms with Crippen LogP contribution in [0, 0.1) is 5.41 Å². The number of Topliss-reactive ketones (excluding diaryl/α,β-unsaturated/α-hetero) is 1. The number of carbonyl (C=O) groups excluding carboxylic acids is 1. The third kappa shape index (κ3) is 1.82. The molecule has 1 aliphatic carbocycles. The number of pyridine rings is 1. The fraction of sp³-hybridized carbons (Fsp3) is 0.375. The van der Waals surface area contributed by atoms with Crippen molar-refractivity contribution in [2.75, 3.05) is 0 Å². The molecule has 1 aliphatic rings. The van der Waals surface area contributed by atoms with Crippen molar-refractivity contribution in [2.45, 2.75) is 32.6 Å². The van der Waals surface area contributed by atoms with E-state index in [0.29, 0.717) is 0 Å². The van der Waals surface area contributed by atoms with E-state index in [0.717, 1.165) is 29.3 Å². The normalized spacial score (nSPS) is 18.1. The first kappa shape index (κ1) is 11.4. The molecule has 1 heterocycles. The topological polar surface area (TPSA) is 30.0 Å². The zero-order valence-corrected chi connectivity index (χ0v) is 10.6. The van der Waals surface area contributed by atoms with Crippen LogP contribution >= 0.6 is 0 Å². The third-order valence-corrected chi connectivity index (χ3v) is 4.12. The lowest BCUT2D eigenvalue weighted by Crippen LogP contribution is -2.24. The number of hydrogen-bond donors (Lipinski definition) is 0. The second-order valence-electron chi connectivity index (χ2n) is 5.51. The van der Waals surface area contributed by atoms with Gasteiger partial charge in [0.1, 0.15) is 0 Å². The molecule has 2 aromatic rings. The first-order valence-corrected chi connectivity index (χ1v) is 6.59. The summed E-state index contributed by atoms with van der Waals surface area (Å²) in [6.45, 7) is 2.10. The van der Waals surface area contributed by atoms with E-state index in [4.69, 9.17) is 0 Å². The summed E-state index contributed by atoms with van der Waals surface area (Å²) in [6, 6.07) is 9.81. The molecule has 2 heteroatoms. The van der Waals surface area contributed by atoms with Crippen LogP contribution in [0.3, 0.4) is 0 Å². The molecule has 0 bridgehead atoms. The molecule has 0 saturated heterocycles. The quantitative estimate of drug-likeness (QED) is 0.741. The number of carbonyl (C=O) groups is 1. The Morgan fingerprint density at radius 2 is 2.00 bits per heavy atom. The van der Waals surface area contributed by atoms with Gasteiger partial charge >= 0.3 is 0 Å². The van der Waals surface area contributed by atoms with E-state index in [1.807, 2.05) is 30.3 Å². The van der Waals surface area contributed by atoms with Crippen LogP contribution in [0.15, 0.2) is 36.5 Å². The Balaban J connectivity index is 2.01. The summed E-state index contributed by atoms with van der Waals surface area (Å²) < 4.78 is 0. The van der Waals surface area contributed by atoms with Gasteiger partial charge < -0.3 is 0 Å². The molecule has 0 radical (unpaired) electrons. The van der Waals surface area contributed by atoms with Gasteiger partial charge in [-0.25, -0.2) is 0 Å². The standard InChI is InChI=1S/C16H17NO/c1-16(8-2-3-9-16)15(18)13-7-6-12-5-4-10-17-14(12)11-13/h4-7,10-11H,2-3,8-9H2,1H3. The second kappa shape index (κ2) is 4.20. The minimum Gasteiger partial charge on any atom is -0.294 e. The van der Waals surface area contributed by atoms with Crippen LogP contribution in [-0.2, 0) is 0 Å². The fourth-order valence-corrected chi connectivity index (χ4v) is 2.94. The van der Waals surface area contributed by atoms with Gasteiger partial charge in [-0.15, -0.1) is 0 Å². The molecular formula is C16H17NO. The second-order valence-corrected chi connectivity index (χ2v) is 5.51. The number of fused-ring (bicyclic) bond motifs is 1. The number of nitrogens with zero attached hydrogens (tertiary/aromatic N) is 1. The predicted octanol–water partition coefficient (Wildman–Crippen LogP) is 4.00. The molecule has 2 nitrogen and oxygen atoms in total. The molecular weight excluding hydrogens is 222 g/mol. The van der Waals surface area contributed by atoms with E-state index in [1.54, 1.807) is 6.20 Å². The summed E-state index contributed by atoms with van der Waals surface area (Å²) in [6.07, 6.45) is 6.16. The fourth-order valence-electron chi connectivity index (χ4n) is 2.94. The molecule has 18 heavy (non-hydrogen) atoms. The van der Waals surface area contributed by atoms with Crippen molar-refractivity contribution in [3.05, 3.63) is 42.1 Å². The largest absolute Gasteiger partial charge is 0.294 e. The van der Waals surface area contributed by atoms with Crippen molar-refractivity contribution in [1.82, 2.24) is 4.98 Å². The third-order valence-electron chi connectivity index (χ3n) is 4.12. The maximum Gasteiger partial charge on any atom is 0.168 e. The van der Waals surface area contributed by atoms with E-state index >= 15 is 0 Å². The molecule has 0 N–H and O–H groups in total. The highest BCUT2D eigenvalue weighted by atomic mass is 16.1. The van der Waals surface area contributed by atoms with Gasteiger partial charge in [0, 0.05) is 22.6 Å². The van der Waals surface area contributed by atoms with Gasteiger partial charge in [-0.2, -0.15) is 0 Å². The summed E-state index contributed by atoms with van der Waals surface area (Å²) in [5.74, 6) is 0.285. The van der Waals surface area contributed by atoms with Crippen molar-refractivity contribution in [3.63, 3.8) is 0 Å². The van der Waals surface area contributed by atoms with Crippen LogP contribution in [0.2, 0.25) is 0 Å². The number of ketones is 1. The lowest BCUT2D eigenvalue weighted by molar-refractivity contribution is 0.0823. The Kier molecular flexibility index (Phi) is 2.66. The zero-order chi connectivity index (χ0) is 12.6. The summed E-state index contributed by atoms with van der Waals surface area (Å²) in [7, 11) is 0. The van der Waals surface area contributed by atoms with Crippen molar-refractivity contribution in [1.29, 1.82) is 0 Å². The number of aromatic nitrogens is 1. The van der Waals surface area contributed by atoms with Crippen molar-refractivity contribution < 1.29 is 4.79 Å². The number of rotatable bonds is 2. The van der Waals surface area contributed by atoms with Gasteiger partial charge in [0.25, 0.3) is 0 Å². The summed E-state index contributed by atoms with van der Waals surface area (Å²) in [5.41, 5.74) is 1.57. The molecule has 0 atom stereocenters. The van der Waals surface area contributed by atoms with Gasteiger partial charge in [0.05, 0.1) is 5.52 Å². The Morgan fingerprint density at radius 1 is 1.22 bits per heavy atom. The summed E-state index contributed by atoms with van der Waals surface area (Å²) in [5, 5.41) is 1.09. The maximum atomic E-state index is 12.6. The zero-order valence-electron chi connectivity index (χ0n) is 10.6. The Labute approximate surface area is 107 Å². The molecule has 92 valence electrons. The van der Waals surface area contributed by atoms with Crippen LogP contribution in [0.25, 0.3) is 10.9 Å². The van der Waals surface area contributed by atoms with Crippen LogP contribution in [0.1, 0.15) is 43.0 Å². The van der Waals surface area contributed by atoms with E-state index in [2.05, 4.69) is 11.9 Å². The van der Waals surface area contributed by atoms with E-state index in [-0.39, 0.29) is 11.2 Å². The van der Waals surface area contributed by atoms with Crippen molar-refractivity contribution in [2.24, 2.45) is 5.41 Å². The monoisotopic (exact) mass is 239 g/mol. The Hall–Kier alpha value is -1.70. The molecule has 3 rings (SSSR count). The van der Waals surface area contributed by atoms with Crippen LogP contribution in [0.5, 0.6) is 0 Å². The first-order valence-electron chi connectivity index (χ1n) is 6.59. The van der Waals surface area contributed by atoms with Crippen molar-refractivity contribution >= 4 is 16.7 Å². The van der Waals surface area contributed by atoms with Gasteiger partial charge in [-0.3, -0.25) is 9.78 Å². The molecule has 1 aromatic carbocycles. The minimum absolute atomic E-state index is 0.150. The van der Waals surface area contributed by atoms with Gasteiger partial charge in [-0.05, 0) is 25.0 Å². The highest BCUT2D eigenvalue weighted by Crippen LogP contribution is 2.40. The van der Waals surface area contributed by atoms with E-state index in [9.17, 15) is 4.79 Å². The summed E-state index contributed by atoms with van der Waals surface area (Å²) >= 11 is 0. The molecule has 1 aromatic heterocycles. The molecule has 0 unspecified atom stereocenters. The number of hydrogen-bond acceptors (Lipinski definition) is 2. The highest BCUT2D eigenvalue weighted by Gasteiger charge is 2.36. The predicted molar refractivity (Wildman–Crippen MR) is 72.6 cm³/mol. The first-order chi connectivity index (χ1) is 8.69. The van der Waals surface area contributed by atoms with Crippen LogP contribution in [-0.4, -0.2) is 10.8 Å². The highest BCUT2D eigenvalue weighted by molar-refractivity contribution is 6.02. The average Bonchev–Trinajstić information content (AvgIpc) is 2.85. The molecule has 0 aliphatic heterocycles.